The molecule has 0 bridgehead atoms. The van der Waals surface area contributed by atoms with Gasteiger partial charge in [-0.05, 0) is 31.5 Å². The summed E-state index contributed by atoms with van der Waals surface area (Å²) >= 11 is 6.01. The molecule has 2 N–H and O–H groups in total. The number of hydrogen-bond acceptors (Lipinski definition) is 10. The number of cyclic esters (lactones) is 1. The van der Waals surface area contributed by atoms with Gasteiger partial charge in [-0.3, -0.25) is 19.2 Å². The zero-order chi connectivity index (χ0) is 34.8. The highest BCUT2D eigenvalue weighted by atomic mass is 35.5. The molecule has 2 aliphatic rings. The molecule has 0 spiro atoms. The van der Waals surface area contributed by atoms with E-state index in [0.717, 1.165) is 24.9 Å². The van der Waals surface area contributed by atoms with Gasteiger partial charge in [0.05, 0.1) is 12.2 Å². The molecule has 0 radical (unpaired) electrons. The fraction of sp³-hybridized carbons (Fsp3) is 0.414. The van der Waals surface area contributed by atoms with Gasteiger partial charge >= 0.3 is 26.4 Å². The number of aromatic nitrogens is 3. The number of pyridine rings is 1. The largest absolute Gasteiger partial charge is 0.489 e. The number of nitrogens with zero attached hydrogens (tertiary/aromatic N) is 5. The Morgan fingerprint density at radius 3 is 2.62 bits per heavy atom. The highest BCUT2D eigenvalue weighted by Crippen LogP contribution is 2.41. The molecule has 2 atom stereocenters. The molecule has 1 aromatic carbocycles. The number of phosphoric ester groups is 1. The third-order valence-corrected chi connectivity index (χ3v) is 8.50. The molecule has 2 aromatic heterocycles. The van der Waals surface area contributed by atoms with Gasteiger partial charge in [0.1, 0.15) is 24.2 Å². The van der Waals surface area contributed by atoms with E-state index >= 15 is 0 Å². The van der Waals surface area contributed by atoms with Gasteiger partial charge in [0.2, 0.25) is 0 Å². The molecule has 3 aromatic rings. The monoisotopic (exact) mass is 713 g/mol. The summed E-state index contributed by atoms with van der Waals surface area (Å²) in [6, 6.07) is 7.58. The van der Waals surface area contributed by atoms with Crippen molar-refractivity contribution in [2.75, 3.05) is 19.9 Å². The minimum atomic E-state index is -5.07. The summed E-state index contributed by atoms with van der Waals surface area (Å²) in [4.78, 5) is 64.0. The molecular weight excluding hydrogens is 683 g/mol. The van der Waals surface area contributed by atoms with E-state index in [1.54, 1.807) is 29.2 Å². The topological polar surface area (TPSA) is 183 Å². The van der Waals surface area contributed by atoms with Crippen LogP contribution in [-0.4, -0.2) is 90.0 Å². The Balaban J connectivity index is 1.44. The molecule has 48 heavy (non-hydrogen) atoms. The Bertz CT molecular complexity index is 1720. The average molecular weight is 714 g/mol. The molecule has 0 unspecified atom stereocenters. The number of esters is 1. The summed E-state index contributed by atoms with van der Waals surface area (Å²) in [5, 5.41) is 4.12. The van der Waals surface area contributed by atoms with Crippen molar-refractivity contribution >= 4 is 37.4 Å². The molecule has 258 valence electrons. The van der Waals surface area contributed by atoms with Gasteiger partial charge in [-0.2, -0.15) is 13.9 Å². The number of hydrogen-bond donors (Lipinski definition) is 2. The number of rotatable bonds is 12. The summed E-state index contributed by atoms with van der Waals surface area (Å²) in [7, 11) is -5.07. The lowest BCUT2D eigenvalue weighted by Gasteiger charge is -2.33. The van der Waals surface area contributed by atoms with Crippen LogP contribution >= 0.6 is 19.4 Å². The second kappa shape index (κ2) is 14.1. The molecule has 2 aliphatic heterocycles. The summed E-state index contributed by atoms with van der Waals surface area (Å²) in [6.45, 7) is -0.938. The number of piperidine rings is 1. The van der Waals surface area contributed by atoms with Crippen LogP contribution in [0.15, 0.2) is 48.9 Å². The van der Waals surface area contributed by atoms with Crippen molar-refractivity contribution in [2.24, 2.45) is 0 Å². The van der Waals surface area contributed by atoms with Crippen LogP contribution < -0.4 is 4.74 Å². The number of phosphoric acid groups is 1. The van der Waals surface area contributed by atoms with Crippen LogP contribution in [-0.2, 0) is 29.9 Å². The second-order valence-corrected chi connectivity index (χ2v) is 13.1. The molecule has 2 amide bonds. The Labute approximate surface area is 277 Å². The van der Waals surface area contributed by atoms with E-state index < -0.39 is 50.8 Å². The van der Waals surface area contributed by atoms with Crippen molar-refractivity contribution in [1.82, 2.24) is 24.6 Å². The predicted molar refractivity (Wildman–Crippen MR) is 162 cm³/mol. The maximum Gasteiger partial charge on any atom is 0.470 e. The van der Waals surface area contributed by atoms with Crippen LogP contribution in [0.2, 0.25) is 5.02 Å². The molecule has 19 heteroatoms. The van der Waals surface area contributed by atoms with Crippen molar-refractivity contribution < 1.29 is 56.3 Å². The number of ether oxygens (including phenoxy) is 3. The van der Waals surface area contributed by atoms with E-state index in [2.05, 4.69) is 14.6 Å². The van der Waals surface area contributed by atoms with Crippen molar-refractivity contribution in [1.29, 1.82) is 0 Å². The second-order valence-electron chi connectivity index (χ2n) is 11.5. The summed E-state index contributed by atoms with van der Waals surface area (Å²) in [5.41, 5.74) is -1.13. The third-order valence-electron chi connectivity index (χ3n) is 7.56. The lowest BCUT2D eigenvalue weighted by molar-refractivity contribution is -0.164. The highest BCUT2D eigenvalue weighted by molar-refractivity contribution is 7.46. The quantitative estimate of drug-likeness (QED) is 0.154. The van der Waals surface area contributed by atoms with Crippen LogP contribution in [0.3, 0.4) is 0 Å². The van der Waals surface area contributed by atoms with Crippen molar-refractivity contribution in [3.63, 3.8) is 0 Å². The molecule has 15 nitrogen and oxygen atoms in total. The Morgan fingerprint density at radius 1 is 1.23 bits per heavy atom. The van der Waals surface area contributed by atoms with Gasteiger partial charge in [-0.1, -0.05) is 23.7 Å². The average Bonchev–Trinajstić information content (AvgIpc) is 3.66. The number of halogens is 3. The normalized spacial score (nSPS) is 18.0. The fourth-order valence-electron chi connectivity index (χ4n) is 5.19. The van der Waals surface area contributed by atoms with Crippen molar-refractivity contribution in [3.8, 4) is 16.9 Å². The van der Waals surface area contributed by atoms with Crippen LogP contribution in [0.1, 0.15) is 49.3 Å². The van der Waals surface area contributed by atoms with E-state index in [-0.39, 0.29) is 41.8 Å². The number of amides is 2. The minimum absolute atomic E-state index is 0.113. The zero-order valence-corrected chi connectivity index (χ0v) is 27.2. The van der Waals surface area contributed by atoms with Crippen molar-refractivity contribution in [3.05, 3.63) is 65.2 Å². The first-order chi connectivity index (χ1) is 22.6. The first-order valence-corrected chi connectivity index (χ1v) is 16.4. The van der Waals surface area contributed by atoms with Gasteiger partial charge in [-0.15, -0.1) is 0 Å². The molecular formula is C29H31ClF2N5O10P. The summed E-state index contributed by atoms with van der Waals surface area (Å²) < 4.78 is 59.8. The zero-order valence-electron chi connectivity index (χ0n) is 25.6. The van der Waals surface area contributed by atoms with Crippen LogP contribution in [0.25, 0.3) is 11.1 Å². The predicted octanol–water partition coefficient (Wildman–Crippen LogP) is 4.39. The molecule has 0 saturated carbocycles. The number of carbonyl (C=O) groups excluding carboxylic acids is 3. The van der Waals surface area contributed by atoms with Crippen LogP contribution in [0, 0.1) is 0 Å². The standard InChI is InChI=1S/C29H31ClF2N5O10P/c1-29(2,47-48(41,42)43)26(39)45-16-35(13-17-3-5-19(30)6-4-17)25(38)23-10-24(22(12-33-23)18-11-34-37(14-18)27(31)32)46-21-7-8-36-20(9-21)15-44-28(36)40/h3-6,10-12,14,20-21,27H,7-9,13,15-16H2,1-2H3,(H2,41,42,43)/t20-,21-/m0/s1. The van der Waals surface area contributed by atoms with E-state index in [0.29, 0.717) is 34.7 Å². The third kappa shape index (κ3) is 8.46. The molecule has 0 aliphatic carbocycles. The Kier molecular flexibility index (Phi) is 10.4. The fourth-order valence-corrected chi connectivity index (χ4v) is 5.99. The van der Waals surface area contributed by atoms with E-state index in [1.807, 2.05) is 0 Å². The van der Waals surface area contributed by atoms with Crippen molar-refractivity contribution in [2.45, 2.75) is 57.5 Å². The maximum absolute atomic E-state index is 13.9. The highest BCUT2D eigenvalue weighted by Gasteiger charge is 2.40. The van der Waals surface area contributed by atoms with Gasteiger partial charge in [0, 0.05) is 60.5 Å². The molecule has 4 heterocycles. The van der Waals surface area contributed by atoms with E-state index in [1.165, 1.54) is 18.5 Å². The molecule has 5 rings (SSSR count). The van der Waals surface area contributed by atoms with Gasteiger partial charge in [0.25, 0.3) is 5.91 Å². The maximum atomic E-state index is 13.9. The smallest absolute Gasteiger partial charge is 0.470 e. The van der Waals surface area contributed by atoms with Gasteiger partial charge < -0.3 is 28.9 Å². The van der Waals surface area contributed by atoms with Gasteiger partial charge in [0.15, 0.2) is 12.3 Å². The first-order valence-electron chi connectivity index (χ1n) is 14.5. The number of fused-ring (bicyclic) bond motifs is 1. The Hall–Kier alpha value is -4.15. The Morgan fingerprint density at radius 2 is 1.96 bits per heavy atom. The summed E-state index contributed by atoms with van der Waals surface area (Å²) in [6.07, 6.45) is 3.59. The SMILES string of the molecule is CC(C)(OP(=O)(O)O)C(=O)OCN(Cc1ccc(Cl)cc1)C(=O)c1cc(O[C@H]2CCN3C(=O)OC[C@@H]3C2)c(-c2cnn(C(F)F)c2)cn1. The molecule has 2 saturated heterocycles. The van der Waals surface area contributed by atoms with E-state index in [9.17, 15) is 37.5 Å². The van der Waals surface area contributed by atoms with E-state index in [4.69, 9.17) is 25.8 Å². The summed E-state index contributed by atoms with van der Waals surface area (Å²) in [5.74, 6) is -1.77. The van der Waals surface area contributed by atoms with Crippen LogP contribution in [0.4, 0.5) is 13.6 Å². The number of benzene rings is 1. The lowest BCUT2D eigenvalue weighted by atomic mass is 10.0. The first kappa shape index (κ1) is 35.2. The number of alkyl halides is 2. The molecule has 2 fully saturated rings. The number of carbonyl (C=O) groups is 3. The van der Waals surface area contributed by atoms with Gasteiger partial charge in [-0.25, -0.2) is 18.8 Å². The van der Waals surface area contributed by atoms with Crippen LogP contribution in [0.5, 0.6) is 5.75 Å². The minimum Gasteiger partial charge on any atom is -0.489 e. The lowest BCUT2D eigenvalue weighted by Crippen LogP contribution is -2.44.